The molecule has 0 amide bonds. The van der Waals surface area contributed by atoms with Gasteiger partial charge in [-0.1, -0.05) is 56.2 Å². The number of alkyl halides is 2. The molecule has 5 rings (SSSR count). The average molecular weight is 505 g/mol. The van der Waals surface area contributed by atoms with Crippen LogP contribution in [0.4, 0.5) is 19.0 Å². The van der Waals surface area contributed by atoms with E-state index in [1.165, 1.54) is 23.3 Å². The van der Waals surface area contributed by atoms with Crippen molar-refractivity contribution in [3.63, 3.8) is 0 Å². The largest absolute Gasteiger partial charge is 0.344 e. The minimum atomic E-state index is -2.72. The van der Waals surface area contributed by atoms with Gasteiger partial charge in [0.15, 0.2) is 0 Å². The summed E-state index contributed by atoms with van der Waals surface area (Å²) in [6.07, 6.45) is 7.58. The molecule has 1 aromatic heterocycles. The Morgan fingerprint density at radius 1 is 1.03 bits per heavy atom. The molecule has 1 aromatic carbocycles. The molecule has 3 heterocycles. The van der Waals surface area contributed by atoms with Crippen molar-refractivity contribution < 1.29 is 13.2 Å². The van der Waals surface area contributed by atoms with Gasteiger partial charge in [-0.2, -0.15) is 0 Å². The highest BCUT2D eigenvalue weighted by atomic mass is 35.5. The highest BCUT2D eigenvalue weighted by Crippen LogP contribution is 2.40. The number of allylic oxidation sites excluding steroid dienone is 3. The lowest BCUT2D eigenvalue weighted by atomic mass is 9.87. The summed E-state index contributed by atoms with van der Waals surface area (Å²) in [6, 6.07) is 6.40. The Hall–Kier alpha value is -2.38. The van der Waals surface area contributed by atoms with Crippen LogP contribution >= 0.6 is 11.6 Å². The molecule has 35 heavy (non-hydrogen) atoms. The van der Waals surface area contributed by atoms with Crippen LogP contribution in [0.3, 0.4) is 0 Å². The first-order chi connectivity index (χ1) is 16.8. The second kappa shape index (κ2) is 10.7. The monoisotopic (exact) mass is 504 g/mol. The Morgan fingerprint density at radius 3 is 2.29 bits per heavy atom. The Balaban J connectivity index is 0.00000141. The van der Waals surface area contributed by atoms with Crippen LogP contribution in [-0.2, 0) is 6.54 Å². The normalized spacial score (nSPS) is 21.2. The predicted molar refractivity (Wildman–Crippen MR) is 135 cm³/mol. The van der Waals surface area contributed by atoms with E-state index in [2.05, 4.69) is 33.9 Å². The quantitative estimate of drug-likeness (QED) is 0.421. The molecule has 8 heteroatoms. The molecule has 0 bridgehead atoms. The van der Waals surface area contributed by atoms with Gasteiger partial charge in [-0.25, -0.2) is 23.1 Å². The Bertz CT molecular complexity index is 1110. The van der Waals surface area contributed by atoms with Crippen LogP contribution in [0.5, 0.6) is 0 Å². The first-order valence-corrected chi connectivity index (χ1v) is 12.7. The van der Waals surface area contributed by atoms with Gasteiger partial charge in [-0.05, 0) is 48.6 Å². The number of nitrogens with zero attached hydrogens (tertiary/aromatic N) is 4. The minimum absolute atomic E-state index is 0.0479. The zero-order chi connectivity index (χ0) is 25.2. The number of anilines is 1. The maximum Gasteiger partial charge on any atom is 0.282 e. The van der Waals surface area contributed by atoms with Crippen LogP contribution < -0.4 is 4.90 Å². The van der Waals surface area contributed by atoms with E-state index in [0.29, 0.717) is 18.9 Å². The number of hydrogen-bond acceptors (Lipinski definition) is 4. The van der Waals surface area contributed by atoms with Gasteiger partial charge in [0.1, 0.15) is 11.6 Å². The lowest BCUT2D eigenvalue weighted by Crippen LogP contribution is -2.57. The Labute approximate surface area is 210 Å². The van der Waals surface area contributed by atoms with Crippen LogP contribution in [-0.4, -0.2) is 47.0 Å². The summed E-state index contributed by atoms with van der Waals surface area (Å²) in [5.74, 6) is -2.69. The molecule has 1 saturated heterocycles. The van der Waals surface area contributed by atoms with Crippen molar-refractivity contribution in [2.75, 3.05) is 31.1 Å². The zero-order valence-corrected chi connectivity index (χ0v) is 21.3. The third-order valence-corrected chi connectivity index (χ3v) is 6.93. The highest BCUT2D eigenvalue weighted by molar-refractivity contribution is 6.28. The van der Waals surface area contributed by atoms with Gasteiger partial charge in [-0.15, -0.1) is 0 Å². The third kappa shape index (κ3) is 5.72. The summed E-state index contributed by atoms with van der Waals surface area (Å²) in [7, 11) is 0. The van der Waals surface area contributed by atoms with Crippen LogP contribution in [0.2, 0.25) is 5.28 Å². The van der Waals surface area contributed by atoms with E-state index in [1.54, 1.807) is 17.0 Å². The summed E-state index contributed by atoms with van der Waals surface area (Å²) in [5.41, 5.74) is 5.30. The van der Waals surface area contributed by atoms with Crippen LogP contribution in [0.1, 0.15) is 62.8 Å². The maximum absolute atomic E-state index is 13.7. The van der Waals surface area contributed by atoms with E-state index < -0.39 is 5.92 Å². The van der Waals surface area contributed by atoms with E-state index in [-0.39, 0.29) is 30.1 Å². The van der Waals surface area contributed by atoms with E-state index in [0.717, 1.165) is 42.6 Å². The standard InChI is InChI=1S/C25H26ClF3N4.C2H6/c1-2-16-3-5-17(6-4-16)11-32-12-20(18-7-9-19(27)10-8-18)22-21(13-32)23(31-24(26)30-22)33-14-25(28,29)15-33;1-2/h3,5,7-10,20H,2,4,6,11-15H2,1H3;1-2H3. The molecule has 0 spiro atoms. The molecule has 1 unspecified atom stereocenters. The molecule has 2 aromatic rings. The van der Waals surface area contributed by atoms with Gasteiger partial charge >= 0.3 is 0 Å². The number of benzene rings is 1. The second-order valence-corrected chi connectivity index (χ2v) is 9.51. The number of fused-ring (bicyclic) bond motifs is 1. The first-order valence-electron chi connectivity index (χ1n) is 12.4. The molecule has 188 valence electrons. The van der Waals surface area contributed by atoms with Crippen molar-refractivity contribution in [2.45, 2.75) is 58.4 Å². The maximum atomic E-state index is 13.7. The lowest BCUT2D eigenvalue weighted by molar-refractivity contribution is -0.0269. The minimum Gasteiger partial charge on any atom is -0.344 e. The van der Waals surface area contributed by atoms with Crippen molar-refractivity contribution in [3.05, 3.63) is 75.5 Å². The Morgan fingerprint density at radius 2 is 1.69 bits per heavy atom. The number of hydrogen-bond donors (Lipinski definition) is 0. The summed E-state index contributed by atoms with van der Waals surface area (Å²) < 4.78 is 40.9. The average Bonchev–Trinajstić information content (AvgIpc) is 2.84. The summed E-state index contributed by atoms with van der Waals surface area (Å²) in [5, 5.41) is 0.0479. The number of aromatic nitrogens is 2. The fourth-order valence-corrected chi connectivity index (χ4v) is 5.14. The molecular weight excluding hydrogens is 473 g/mol. The van der Waals surface area contributed by atoms with Crippen molar-refractivity contribution in [2.24, 2.45) is 0 Å². The second-order valence-electron chi connectivity index (χ2n) is 9.17. The van der Waals surface area contributed by atoms with Gasteiger partial charge in [0.2, 0.25) is 5.28 Å². The zero-order valence-electron chi connectivity index (χ0n) is 20.5. The van der Waals surface area contributed by atoms with Crippen LogP contribution in [0.25, 0.3) is 0 Å². The summed E-state index contributed by atoms with van der Waals surface area (Å²) in [6.45, 7) is 7.45. The molecular formula is C27H32ClF3N4. The molecule has 2 aliphatic heterocycles. The molecule has 1 atom stereocenters. The first kappa shape index (κ1) is 25.7. The molecule has 4 nitrogen and oxygen atoms in total. The Kier molecular flexibility index (Phi) is 7.86. The van der Waals surface area contributed by atoms with Gasteiger partial charge in [0.25, 0.3) is 5.92 Å². The lowest BCUT2D eigenvalue weighted by Gasteiger charge is -2.43. The highest BCUT2D eigenvalue weighted by Gasteiger charge is 2.46. The molecule has 1 fully saturated rings. The van der Waals surface area contributed by atoms with Crippen molar-refractivity contribution in [1.29, 1.82) is 0 Å². The predicted octanol–water partition coefficient (Wildman–Crippen LogP) is 6.75. The summed E-state index contributed by atoms with van der Waals surface area (Å²) >= 11 is 6.25. The van der Waals surface area contributed by atoms with Gasteiger partial charge in [0, 0.05) is 31.1 Å². The van der Waals surface area contributed by atoms with Crippen LogP contribution in [0.15, 0.2) is 47.6 Å². The van der Waals surface area contributed by atoms with E-state index in [4.69, 9.17) is 11.6 Å². The van der Waals surface area contributed by atoms with Gasteiger partial charge in [0.05, 0.1) is 18.8 Å². The molecule has 0 saturated carbocycles. The number of halogens is 4. The molecule has 0 N–H and O–H groups in total. The van der Waals surface area contributed by atoms with Gasteiger partial charge in [-0.3, -0.25) is 4.90 Å². The van der Waals surface area contributed by atoms with Crippen molar-refractivity contribution >= 4 is 17.4 Å². The SMILES string of the molecule is CC.CCC1=CC=C(CN2Cc3c(nc(Cl)nc3N3CC(F)(F)C3)C(c3ccc(F)cc3)C2)CC1. The van der Waals surface area contributed by atoms with Gasteiger partial charge < -0.3 is 4.90 Å². The summed E-state index contributed by atoms with van der Waals surface area (Å²) in [4.78, 5) is 12.8. The smallest absolute Gasteiger partial charge is 0.282 e. The van der Waals surface area contributed by atoms with Crippen molar-refractivity contribution in [3.8, 4) is 0 Å². The fourth-order valence-electron chi connectivity index (χ4n) is 4.97. The van der Waals surface area contributed by atoms with Crippen LogP contribution in [0, 0.1) is 5.82 Å². The van der Waals surface area contributed by atoms with Crippen molar-refractivity contribution in [1.82, 2.24) is 14.9 Å². The number of rotatable bonds is 5. The van der Waals surface area contributed by atoms with E-state index >= 15 is 0 Å². The van der Waals surface area contributed by atoms with E-state index in [1.807, 2.05) is 13.8 Å². The third-order valence-electron chi connectivity index (χ3n) is 6.76. The fraction of sp³-hybridized carbons (Fsp3) is 0.481. The molecule has 0 radical (unpaired) electrons. The topological polar surface area (TPSA) is 32.3 Å². The molecule has 1 aliphatic carbocycles. The van der Waals surface area contributed by atoms with E-state index in [9.17, 15) is 13.2 Å². The molecule has 3 aliphatic rings.